The molecule has 1 atom stereocenters. The predicted octanol–water partition coefficient (Wildman–Crippen LogP) is 2.56. The summed E-state index contributed by atoms with van der Waals surface area (Å²) in [6, 6.07) is 10.2. The van der Waals surface area contributed by atoms with Crippen molar-refractivity contribution in [1.29, 1.82) is 5.26 Å². The first-order valence-electron chi connectivity index (χ1n) is 5.95. The van der Waals surface area contributed by atoms with Gasteiger partial charge < -0.3 is 4.90 Å². The summed E-state index contributed by atoms with van der Waals surface area (Å²) < 4.78 is 0. The molecule has 0 spiro atoms. The zero-order valence-electron chi connectivity index (χ0n) is 11.1. The van der Waals surface area contributed by atoms with Crippen LogP contribution in [-0.2, 0) is 0 Å². The number of nitrogens with zero attached hydrogens (tertiary/aromatic N) is 2. The Bertz CT molecular complexity index is 373. The minimum absolute atomic E-state index is 0.214. The van der Waals surface area contributed by atoms with Crippen molar-refractivity contribution in [2.45, 2.75) is 19.9 Å². The van der Waals surface area contributed by atoms with Crippen molar-refractivity contribution in [3.8, 4) is 6.07 Å². The second-order valence-corrected chi connectivity index (χ2v) is 4.85. The predicted molar refractivity (Wildman–Crippen MR) is 72.0 cm³/mol. The molecule has 0 aliphatic carbocycles. The molecule has 0 aliphatic rings. The maximum Gasteiger partial charge on any atom is 0.121 e. The van der Waals surface area contributed by atoms with Crippen LogP contribution >= 0.6 is 0 Å². The van der Waals surface area contributed by atoms with Crippen molar-refractivity contribution in [3.63, 3.8) is 0 Å². The van der Waals surface area contributed by atoms with Crippen LogP contribution in [0.25, 0.3) is 0 Å². The highest BCUT2D eigenvalue weighted by Crippen LogP contribution is 2.17. The molecule has 1 aromatic carbocycles. The molecule has 1 aromatic rings. The van der Waals surface area contributed by atoms with Crippen LogP contribution in [0.1, 0.15) is 25.5 Å². The quantitative estimate of drug-likeness (QED) is 0.846. The van der Waals surface area contributed by atoms with Gasteiger partial charge in [-0.15, -0.1) is 0 Å². The maximum atomic E-state index is 9.15. The molecule has 0 fully saturated rings. The van der Waals surface area contributed by atoms with Gasteiger partial charge in [-0.1, -0.05) is 26.0 Å². The molecule has 17 heavy (non-hydrogen) atoms. The number of benzene rings is 1. The summed E-state index contributed by atoms with van der Waals surface area (Å²) >= 11 is 0. The summed E-state index contributed by atoms with van der Waals surface area (Å²) in [5, 5.41) is 12.4. The van der Waals surface area contributed by atoms with Crippen molar-refractivity contribution in [2.24, 2.45) is 5.92 Å². The van der Waals surface area contributed by atoms with E-state index in [1.54, 1.807) is 0 Å². The van der Waals surface area contributed by atoms with Crippen molar-refractivity contribution in [2.75, 3.05) is 25.5 Å². The standard InChI is InChI=1S/C14H21N3/c1-11(2)10-16-14(9-15)12-5-7-13(8-6-12)17(3)4/h5-8,11,14,16H,10H2,1-4H3. The topological polar surface area (TPSA) is 39.1 Å². The van der Waals surface area contributed by atoms with E-state index in [9.17, 15) is 0 Å². The summed E-state index contributed by atoms with van der Waals surface area (Å²) in [4.78, 5) is 2.05. The highest BCUT2D eigenvalue weighted by Gasteiger charge is 2.10. The van der Waals surface area contributed by atoms with E-state index in [1.165, 1.54) is 0 Å². The van der Waals surface area contributed by atoms with Gasteiger partial charge in [-0.25, -0.2) is 0 Å². The smallest absolute Gasteiger partial charge is 0.121 e. The van der Waals surface area contributed by atoms with Crippen LogP contribution in [0.4, 0.5) is 5.69 Å². The van der Waals surface area contributed by atoms with Crippen LogP contribution in [0, 0.1) is 17.2 Å². The molecular weight excluding hydrogens is 210 g/mol. The maximum absolute atomic E-state index is 9.15. The number of nitriles is 1. The summed E-state index contributed by atoms with van der Waals surface area (Å²) in [5.74, 6) is 0.548. The number of rotatable bonds is 5. The first-order chi connectivity index (χ1) is 8.04. The highest BCUT2D eigenvalue weighted by molar-refractivity contribution is 5.47. The molecule has 1 N–H and O–H groups in total. The van der Waals surface area contributed by atoms with E-state index >= 15 is 0 Å². The fraction of sp³-hybridized carbons (Fsp3) is 0.500. The fourth-order valence-corrected chi connectivity index (χ4v) is 1.56. The average Bonchev–Trinajstić information content (AvgIpc) is 2.30. The van der Waals surface area contributed by atoms with Gasteiger partial charge in [0, 0.05) is 19.8 Å². The third-order valence-corrected chi connectivity index (χ3v) is 2.60. The first kappa shape index (κ1) is 13.5. The van der Waals surface area contributed by atoms with Crippen molar-refractivity contribution < 1.29 is 0 Å². The molecule has 0 saturated carbocycles. The lowest BCUT2D eigenvalue weighted by Crippen LogP contribution is -2.24. The second kappa shape index (κ2) is 6.27. The monoisotopic (exact) mass is 231 g/mol. The zero-order chi connectivity index (χ0) is 12.8. The number of anilines is 1. The molecule has 0 saturated heterocycles. The van der Waals surface area contributed by atoms with Crippen molar-refractivity contribution in [3.05, 3.63) is 29.8 Å². The van der Waals surface area contributed by atoms with E-state index in [-0.39, 0.29) is 6.04 Å². The van der Waals surface area contributed by atoms with Crippen LogP contribution in [-0.4, -0.2) is 20.6 Å². The van der Waals surface area contributed by atoms with Crippen molar-refractivity contribution >= 4 is 5.69 Å². The van der Waals surface area contributed by atoms with Gasteiger partial charge in [0.25, 0.3) is 0 Å². The lowest BCUT2D eigenvalue weighted by atomic mass is 10.1. The molecule has 1 rings (SSSR count). The lowest BCUT2D eigenvalue weighted by molar-refractivity contribution is 0.525. The summed E-state index contributed by atoms with van der Waals surface area (Å²) in [6.45, 7) is 5.13. The van der Waals surface area contributed by atoms with Gasteiger partial charge in [-0.3, -0.25) is 5.32 Å². The molecular formula is C14H21N3. The number of hydrogen-bond donors (Lipinski definition) is 1. The van der Waals surface area contributed by atoms with Gasteiger partial charge >= 0.3 is 0 Å². The van der Waals surface area contributed by atoms with Gasteiger partial charge in [0.2, 0.25) is 0 Å². The van der Waals surface area contributed by atoms with Gasteiger partial charge in [0.05, 0.1) is 6.07 Å². The van der Waals surface area contributed by atoms with Gasteiger partial charge in [-0.05, 0) is 30.2 Å². The minimum Gasteiger partial charge on any atom is -0.378 e. The van der Waals surface area contributed by atoms with E-state index in [0.29, 0.717) is 5.92 Å². The molecule has 0 radical (unpaired) electrons. The molecule has 0 amide bonds. The Hall–Kier alpha value is -1.53. The van der Waals surface area contributed by atoms with E-state index in [2.05, 4.69) is 25.2 Å². The fourth-order valence-electron chi connectivity index (χ4n) is 1.56. The Labute approximate surface area is 104 Å². The SMILES string of the molecule is CC(C)CNC(C#N)c1ccc(N(C)C)cc1. The molecule has 3 heteroatoms. The Kier molecular flexibility index (Phi) is 4.99. The third-order valence-electron chi connectivity index (χ3n) is 2.60. The Morgan fingerprint density at radius 2 is 1.82 bits per heavy atom. The number of hydrogen-bond acceptors (Lipinski definition) is 3. The lowest BCUT2D eigenvalue weighted by Gasteiger charge is -2.16. The average molecular weight is 231 g/mol. The van der Waals surface area contributed by atoms with Crippen molar-refractivity contribution in [1.82, 2.24) is 5.32 Å². The number of nitrogens with one attached hydrogen (secondary N) is 1. The van der Waals surface area contributed by atoms with Crippen LogP contribution in [0.3, 0.4) is 0 Å². The normalized spacial score (nSPS) is 12.2. The van der Waals surface area contributed by atoms with Gasteiger partial charge in [0.1, 0.15) is 6.04 Å². The Morgan fingerprint density at radius 1 is 1.24 bits per heavy atom. The Morgan fingerprint density at radius 3 is 2.24 bits per heavy atom. The van der Waals surface area contributed by atoms with Crippen LogP contribution in [0.5, 0.6) is 0 Å². The van der Waals surface area contributed by atoms with E-state index in [0.717, 1.165) is 17.8 Å². The summed E-state index contributed by atoms with van der Waals surface area (Å²) in [5.41, 5.74) is 2.17. The third kappa shape index (κ3) is 4.08. The largest absolute Gasteiger partial charge is 0.378 e. The zero-order valence-corrected chi connectivity index (χ0v) is 11.1. The van der Waals surface area contributed by atoms with E-state index in [1.807, 2.05) is 43.3 Å². The molecule has 0 aliphatic heterocycles. The molecule has 92 valence electrons. The van der Waals surface area contributed by atoms with Crippen LogP contribution in [0.2, 0.25) is 0 Å². The first-order valence-corrected chi connectivity index (χ1v) is 5.95. The summed E-state index contributed by atoms with van der Waals surface area (Å²) in [7, 11) is 4.02. The molecule has 3 nitrogen and oxygen atoms in total. The highest BCUT2D eigenvalue weighted by atomic mass is 15.1. The van der Waals surface area contributed by atoms with Gasteiger partial charge in [-0.2, -0.15) is 5.26 Å². The molecule has 0 aromatic heterocycles. The van der Waals surface area contributed by atoms with E-state index in [4.69, 9.17) is 5.26 Å². The molecule has 1 unspecified atom stereocenters. The summed E-state index contributed by atoms with van der Waals surface area (Å²) in [6.07, 6.45) is 0. The van der Waals surface area contributed by atoms with E-state index < -0.39 is 0 Å². The van der Waals surface area contributed by atoms with Crippen LogP contribution < -0.4 is 10.2 Å². The second-order valence-electron chi connectivity index (χ2n) is 4.85. The Balaban J connectivity index is 2.73. The van der Waals surface area contributed by atoms with Gasteiger partial charge in [0.15, 0.2) is 0 Å². The molecule has 0 heterocycles. The van der Waals surface area contributed by atoms with Crippen LogP contribution in [0.15, 0.2) is 24.3 Å². The minimum atomic E-state index is -0.214. The molecule has 0 bridgehead atoms.